The molecule has 0 aliphatic rings. The van der Waals surface area contributed by atoms with Crippen molar-refractivity contribution in [2.75, 3.05) is 0 Å². The first-order chi connectivity index (χ1) is 55.6. The molecule has 112 heavy (non-hydrogen) atoms. The first kappa shape index (κ1) is 65.1. The largest absolute Gasteiger partial charge is 0.309 e. The molecule has 0 aliphatic carbocycles. The van der Waals surface area contributed by atoms with Gasteiger partial charge in [0.25, 0.3) is 0 Å². The van der Waals surface area contributed by atoms with E-state index in [0.29, 0.717) is 35.2 Å². The molecule has 22 aromatic rings. The molecule has 0 saturated heterocycles. The van der Waals surface area contributed by atoms with E-state index in [-0.39, 0.29) is 0 Å². The van der Waals surface area contributed by atoms with Gasteiger partial charge in [0.15, 0.2) is 23.3 Å². The second kappa shape index (κ2) is 27.5. The number of rotatable bonds is 12. The van der Waals surface area contributed by atoms with Crippen LogP contribution in [-0.2, 0) is 0 Å². The summed E-state index contributed by atoms with van der Waals surface area (Å²) in [5, 5.41) is 9.21. The van der Waals surface area contributed by atoms with Crippen LogP contribution < -0.4 is 0 Å². The maximum atomic E-state index is 5.37. The van der Waals surface area contributed by atoms with Crippen LogP contribution in [0.4, 0.5) is 0 Å². The lowest BCUT2D eigenvalue weighted by Crippen LogP contribution is -2.06. The zero-order valence-electron chi connectivity index (χ0n) is 60.6. The quantitative estimate of drug-likeness (QED) is 0.121. The van der Waals surface area contributed by atoms with Crippen LogP contribution in [0.3, 0.4) is 0 Å². The van der Waals surface area contributed by atoms with Gasteiger partial charge in [-0.25, -0.2) is 9.97 Å². The van der Waals surface area contributed by atoms with Crippen molar-refractivity contribution in [3.05, 3.63) is 400 Å². The Morgan fingerprint density at radius 2 is 0.411 bits per heavy atom. The number of benzene rings is 16. The third-order valence-electron chi connectivity index (χ3n) is 21.5. The molecule has 6 heterocycles. The van der Waals surface area contributed by atoms with Gasteiger partial charge in [-0.05, 0) is 123 Å². The van der Waals surface area contributed by atoms with Crippen molar-refractivity contribution in [1.82, 2.24) is 48.2 Å². The van der Waals surface area contributed by atoms with E-state index >= 15 is 0 Å². The third-order valence-corrected chi connectivity index (χ3v) is 21.5. The number of aromatic nitrogens is 10. The van der Waals surface area contributed by atoms with Gasteiger partial charge in [0.05, 0.1) is 44.1 Å². The van der Waals surface area contributed by atoms with Crippen molar-refractivity contribution in [3.63, 3.8) is 0 Å². The first-order valence-corrected chi connectivity index (χ1v) is 37.7. The fourth-order valence-electron chi connectivity index (χ4n) is 16.4. The lowest BCUT2D eigenvalue weighted by molar-refractivity contribution is 0.955. The SMILES string of the molecule is c1ccc(-c2ccc(-c3nc(-c4cccc(-c5ccccc5)c4)nc(-n4c5ccccc5c5ccc6c(c7ccccc7n6-c6ccccc6)c54)n3)cc2)cc1.c1ccc(-c2cccc(-c3nc(-c4cccc(-c5ccccc5)c4)nc(-n4c5ccccc5c5ccc6c(c7ccccc7n6-c6ccccc6)c54)n3)c2)cc1. The standard InChI is InChI=1S/2C51H33N5/c1-4-16-34(17-5-1)36-20-14-22-38(32-36)49-52-50(39-23-15-21-37(33-39)35-18-6-2-7-19-35)54-51(53-49)56-44-28-12-10-26-41(44)42-30-31-46-47(48(42)56)43-27-11-13-29-45(43)55(46)40-24-8-3-9-25-40;1-4-15-34(16-5-1)36-27-29-37(30-28-36)49-52-50(39-20-14-19-38(33-39)35-17-6-2-7-18-35)54-51(53-49)56-44-25-12-10-23-41(44)42-31-32-46-47(48(42)56)43-24-11-13-26-45(43)55(46)40-21-8-3-9-22-40/h2*1-33H. The molecule has 0 radical (unpaired) electrons. The molecule has 16 aromatic carbocycles. The number of nitrogens with zero attached hydrogens (tertiary/aromatic N) is 10. The summed E-state index contributed by atoms with van der Waals surface area (Å²) in [5.74, 6) is 3.57. The van der Waals surface area contributed by atoms with E-state index in [2.05, 4.69) is 394 Å². The highest BCUT2D eigenvalue weighted by atomic mass is 15.2. The normalized spacial score (nSPS) is 11.6. The van der Waals surface area contributed by atoms with Crippen molar-refractivity contribution in [1.29, 1.82) is 0 Å². The van der Waals surface area contributed by atoms with Crippen molar-refractivity contribution >= 4 is 87.2 Å². The van der Waals surface area contributed by atoms with Gasteiger partial charge in [-0.15, -0.1) is 0 Å². The van der Waals surface area contributed by atoms with Gasteiger partial charge in [-0.1, -0.05) is 322 Å². The predicted molar refractivity (Wildman–Crippen MR) is 460 cm³/mol. The van der Waals surface area contributed by atoms with E-state index in [0.717, 1.165) is 155 Å². The van der Waals surface area contributed by atoms with E-state index in [9.17, 15) is 0 Å². The summed E-state index contributed by atoms with van der Waals surface area (Å²) in [6.45, 7) is 0. The highest BCUT2D eigenvalue weighted by molar-refractivity contribution is 6.27. The van der Waals surface area contributed by atoms with Gasteiger partial charge in [-0.2, -0.15) is 19.9 Å². The molecular formula is C102H66N10. The van der Waals surface area contributed by atoms with E-state index in [4.69, 9.17) is 29.9 Å². The number of hydrogen-bond donors (Lipinski definition) is 0. The Hall–Kier alpha value is -15.3. The number of fused-ring (bicyclic) bond motifs is 14. The number of para-hydroxylation sites is 6. The molecular weight excluding hydrogens is 1370 g/mol. The second-order valence-corrected chi connectivity index (χ2v) is 28.1. The van der Waals surface area contributed by atoms with Gasteiger partial charge < -0.3 is 9.13 Å². The van der Waals surface area contributed by atoms with E-state index in [1.807, 2.05) is 24.3 Å². The second-order valence-electron chi connectivity index (χ2n) is 28.1. The Morgan fingerprint density at radius 1 is 0.152 bits per heavy atom. The smallest absolute Gasteiger partial charge is 0.238 e. The molecule has 22 rings (SSSR count). The topological polar surface area (TPSA) is 97.1 Å². The maximum Gasteiger partial charge on any atom is 0.238 e. The summed E-state index contributed by atoms with van der Waals surface area (Å²) in [6.07, 6.45) is 0. The Balaban J connectivity index is 0.000000141. The van der Waals surface area contributed by atoms with Gasteiger partial charge >= 0.3 is 0 Å². The van der Waals surface area contributed by atoms with Gasteiger partial charge in [0.1, 0.15) is 0 Å². The lowest BCUT2D eigenvalue weighted by Gasteiger charge is -2.13. The Labute approximate surface area is 645 Å². The zero-order valence-corrected chi connectivity index (χ0v) is 60.6. The molecule has 10 nitrogen and oxygen atoms in total. The Morgan fingerprint density at radius 3 is 0.768 bits per heavy atom. The summed E-state index contributed by atoms with van der Waals surface area (Å²) in [5.41, 5.74) is 23.7. The molecule has 0 amide bonds. The minimum Gasteiger partial charge on any atom is -0.309 e. The van der Waals surface area contributed by atoms with Gasteiger partial charge in [-0.3, -0.25) is 9.13 Å². The lowest BCUT2D eigenvalue weighted by atomic mass is 10.0. The van der Waals surface area contributed by atoms with Crippen molar-refractivity contribution in [2.45, 2.75) is 0 Å². The fraction of sp³-hybridized carbons (Fsp3) is 0. The summed E-state index contributed by atoms with van der Waals surface area (Å²) in [6, 6.07) is 140. The van der Waals surface area contributed by atoms with E-state index < -0.39 is 0 Å². The molecule has 10 heteroatoms. The first-order valence-electron chi connectivity index (χ1n) is 37.7. The average molecular weight is 1430 g/mol. The summed E-state index contributed by atoms with van der Waals surface area (Å²) >= 11 is 0. The minimum absolute atomic E-state index is 0.565. The monoisotopic (exact) mass is 1430 g/mol. The molecule has 0 bridgehead atoms. The van der Waals surface area contributed by atoms with E-state index in [1.54, 1.807) is 0 Å². The van der Waals surface area contributed by atoms with Crippen LogP contribution >= 0.6 is 0 Å². The molecule has 0 aliphatic heterocycles. The average Bonchev–Trinajstić information content (AvgIpc) is 1.55. The maximum absolute atomic E-state index is 5.37. The number of hydrogen-bond acceptors (Lipinski definition) is 6. The fourth-order valence-corrected chi connectivity index (χ4v) is 16.4. The van der Waals surface area contributed by atoms with Crippen molar-refractivity contribution < 1.29 is 0 Å². The highest BCUT2D eigenvalue weighted by Gasteiger charge is 2.27. The molecule has 0 saturated carbocycles. The molecule has 0 N–H and O–H groups in total. The van der Waals surface area contributed by atoms with Crippen molar-refractivity contribution in [3.8, 4) is 113 Å². The van der Waals surface area contributed by atoms with Crippen LogP contribution in [-0.4, -0.2) is 48.2 Å². The molecule has 0 unspecified atom stereocenters. The van der Waals surface area contributed by atoms with Crippen LogP contribution in [0.5, 0.6) is 0 Å². The minimum atomic E-state index is 0.565. The summed E-state index contributed by atoms with van der Waals surface area (Å²) in [4.78, 5) is 31.9. The Bertz CT molecular complexity index is 7240. The zero-order chi connectivity index (χ0) is 74.0. The molecule has 0 fully saturated rings. The third kappa shape index (κ3) is 11.4. The van der Waals surface area contributed by atoms with Crippen LogP contribution in [0.25, 0.3) is 201 Å². The van der Waals surface area contributed by atoms with E-state index in [1.165, 1.54) is 10.8 Å². The van der Waals surface area contributed by atoms with Crippen LogP contribution in [0.2, 0.25) is 0 Å². The summed E-state index contributed by atoms with van der Waals surface area (Å²) < 4.78 is 9.23. The Kier molecular flexibility index (Phi) is 16.0. The van der Waals surface area contributed by atoms with Crippen LogP contribution in [0.15, 0.2) is 400 Å². The van der Waals surface area contributed by atoms with Crippen LogP contribution in [0.1, 0.15) is 0 Å². The van der Waals surface area contributed by atoms with Crippen molar-refractivity contribution in [2.24, 2.45) is 0 Å². The predicted octanol–water partition coefficient (Wildman–Crippen LogP) is 25.5. The molecule has 524 valence electrons. The molecule has 0 atom stereocenters. The molecule has 6 aromatic heterocycles. The van der Waals surface area contributed by atoms with Gasteiger partial charge in [0.2, 0.25) is 11.9 Å². The molecule has 0 spiro atoms. The van der Waals surface area contributed by atoms with Gasteiger partial charge in [0, 0.05) is 76.7 Å². The highest BCUT2D eigenvalue weighted by Crippen LogP contribution is 2.45. The van der Waals surface area contributed by atoms with Crippen LogP contribution in [0, 0.1) is 0 Å². The summed E-state index contributed by atoms with van der Waals surface area (Å²) in [7, 11) is 0.